The van der Waals surface area contributed by atoms with Crippen LogP contribution in [0.25, 0.3) is 0 Å². The van der Waals surface area contributed by atoms with Gasteiger partial charge in [-0.3, -0.25) is 4.79 Å². The summed E-state index contributed by atoms with van der Waals surface area (Å²) in [6.45, 7) is 1.26. The number of hydrogen-bond acceptors (Lipinski definition) is 3. The van der Waals surface area contributed by atoms with Crippen LogP contribution in [-0.4, -0.2) is 22.0 Å². The van der Waals surface area contributed by atoms with E-state index >= 15 is 0 Å². The number of carbonyl (C=O) groups is 1. The van der Waals surface area contributed by atoms with E-state index in [0.717, 1.165) is 19.0 Å². The van der Waals surface area contributed by atoms with E-state index in [4.69, 9.17) is 5.73 Å². The molecule has 2 rings (SSSR count). The average Bonchev–Trinajstić information content (AvgIpc) is 2.90. The van der Waals surface area contributed by atoms with E-state index < -0.39 is 5.82 Å². The third kappa shape index (κ3) is 3.54. The van der Waals surface area contributed by atoms with Gasteiger partial charge in [0.2, 0.25) is 0 Å². The van der Waals surface area contributed by atoms with Gasteiger partial charge in [0, 0.05) is 31.2 Å². The molecular formula is C13H15FN4O. The highest BCUT2D eigenvalue weighted by atomic mass is 19.1. The van der Waals surface area contributed by atoms with Gasteiger partial charge in [0.1, 0.15) is 5.82 Å². The Labute approximate surface area is 110 Å². The standard InChI is InChI=1S/C13H15FN4O/c14-10-2-3-12(15)11(8-10)13(19)17-4-1-6-18-7-5-16-9-18/h2-3,5,7-9H,1,4,6,15H2,(H,17,19). The number of nitrogens with one attached hydrogen (secondary N) is 1. The molecule has 0 aliphatic carbocycles. The molecule has 6 heteroatoms. The van der Waals surface area contributed by atoms with E-state index in [1.54, 1.807) is 12.5 Å². The molecule has 0 aliphatic heterocycles. The molecular weight excluding hydrogens is 247 g/mol. The maximum Gasteiger partial charge on any atom is 0.253 e. The van der Waals surface area contributed by atoms with Gasteiger partial charge >= 0.3 is 0 Å². The fourth-order valence-corrected chi connectivity index (χ4v) is 1.70. The predicted molar refractivity (Wildman–Crippen MR) is 70.0 cm³/mol. The molecule has 0 unspecified atom stereocenters. The summed E-state index contributed by atoms with van der Waals surface area (Å²) in [5.41, 5.74) is 6.07. The zero-order valence-corrected chi connectivity index (χ0v) is 10.3. The lowest BCUT2D eigenvalue weighted by Gasteiger charge is -2.08. The normalized spacial score (nSPS) is 10.4. The fraction of sp³-hybridized carbons (Fsp3) is 0.231. The molecule has 1 aromatic heterocycles. The molecule has 19 heavy (non-hydrogen) atoms. The quantitative estimate of drug-likeness (QED) is 0.632. The van der Waals surface area contributed by atoms with Crippen molar-refractivity contribution in [3.05, 3.63) is 48.3 Å². The summed E-state index contributed by atoms with van der Waals surface area (Å²) in [6, 6.07) is 3.75. The first-order valence-corrected chi connectivity index (χ1v) is 5.96. The van der Waals surface area contributed by atoms with Crippen LogP contribution < -0.4 is 11.1 Å². The molecule has 100 valence electrons. The SMILES string of the molecule is Nc1ccc(F)cc1C(=O)NCCCn1ccnc1. The number of carbonyl (C=O) groups excluding carboxylic acids is 1. The zero-order chi connectivity index (χ0) is 13.7. The van der Waals surface area contributed by atoms with E-state index in [0.29, 0.717) is 6.54 Å². The summed E-state index contributed by atoms with van der Waals surface area (Å²) in [5, 5.41) is 2.71. The molecule has 0 saturated heterocycles. The third-order valence-corrected chi connectivity index (χ3v) is 2.70. The molecule has 1 heterocycles. The van der Waals surface area contributed by atoms with Gasteiger partial charge in [-0.2, -0.15) is 0 Å². The first kappa shape index (κ1) is 13.1. The van der Waals surface area contributed by atoms with Crippen molar-refractivity contribution in [1.29, 1.82) is 0 Å². The monoisotopic (exact) mass is 262 g/mol. The summed E-state index contributed by atoms with van der Waals surface area (Å²) in [5.74, 6) is -0.833. The van der Waals surface area contributed by atoms with Crippen LogP contribution in [0.1, 0.15) is 16.8 Å². The number of aryl methyl sites for hydroxylation is 1. The van der Waals surface area contributed by atoms with E-state index in [1.807, 2.05) is 10.8 Å². The van der Waals surface area contributed by atoms with Gasteiger partial charge < -0.3 is 15.6 Å². The molecule has 0 bridgehead atoms. The molecule has 0 aliphatic rings. The minimum Gasteiger partial charge on any atom is -0.398 e. The first-order valence-electron chi connectivity index (χ1n) is 5.96. The summed E-state index contributed by atoms with van der Waals surface area (Å²) in [7, 11) is 0. The highest BCUT2D eigenvalue weighted by Crippen LogP contribution is 2.12. The molecule has 0 atom stereocenters. The van der Waals surface area contributed by atoms with Crippen molar-refractivity contribution in [2.45, 2.75) is 13.0 Å². The van der Waals surface area contributed by atoms with Gasteiger partial charge in [-0.15, -0.1) is 0 Å². The van der Waals surface area contributed by atoms with Crippen molar-refractivity contribution in [2.75, 3.05) is 12.3 Å². The number of imidazole rings is 1. The Morgan fingerprint density at radius 3 is 3.05 bits per heavy atom. The van der Waals surface area contributed by atoms with Crippen molar-refractivity contribution in [3.8, 4) is 0 Å². The molecule has 0 spiro atoms. The summed E-state index contributed by atoms with van der Waals surface area (Å²) < 4.78 is 15.0. The first-order chi connectivity index (χ1) is 9.16. The Balaban J connectivity index is 1.82. The second kappa shape index (κ2) is 5.99. The lowest BCUT2D eigenvalue weighted by Crippen LogP contribution is -2.26. The number of nitrogens with zero attached hydrogens (tertiary/aromatic N) is 2. The second-order valence-corrected chi connectivity index (χ2v) is 4.14. The largest absolute Gasteiger partial charge is 0.398 e. The Morgan fingerprint density at radius 2 is 2.32 bits per heavy atom. The minimum absolute atomic E-state index is 0.169. The summed E-state index contributed by atoms with van der Waals surface area (Å²) in [4.78, 5) is 15.7. The zero-order valence-electron chi connectivity index (χ0n) is 10.3. The molecule has 5 nitrogen and oxygen atoms in total. The number of nitrogens with two attached hydrogens (primary N) is 1. The van der Waals surface area contributed by atoms with Gasteiger partial charge in [0.25, 0.3) is 5.91 Å². The van der Waals surface area contributed by atoms with Crippen molar-refractivity contribution >= 4 is 11.6 Å². The Bertz CT molecular complexity index is 554. The molecule has 2 aromatic rings. The van der Waals surface area contributed by atoms with Crippen LogP contribution in [0, 0.1) is 5.82 Å². The van der Waals surface area contributed by atoms with Crippen LogP contribution in [0.5, 0.6) is 0 Å². The van der Waals surface area contributed by atoms with Crippen LogP contribution in [0.3, 0.4) is 0 Å². The fourth-order valence-electron chi connectivity index (χ4n) is 1.70. The van der Waals surface area contributed by atoms with Gasteiger partial charge in [-0.05, 0) is 24.6 Å². The molecule has 0 radical (unpaired) electrons. The maximum absolute atomic E-state index is 13.0. The lowest BCUT2D eigenvalue weighted by atomic mass is 10.1. The number of amides is 1. The number of hydrogen-bond donors (Lipinski definition) is 2. The number of anilines is 1. The van der Waals surface area contributed by atoms with Crippen LogP contribution >= 0.6 is 0 Å². The highest BCUT2D eigenvalue weighted by Gasteiger charge is 2.09. The van der Waals surface area contributed by atoms with Crippen molar-refractivity contribution in [3.63, 3.8) is 0 Å². The number of halogens is 1. The molecule has 1 aromatic carbocycles. The smallest absolute Gasteiger partial charge is 0.253 e. The van der Waals surface area contributed by atoms with Crippen LogP contribution in [-0.2, 0) is 6.54 Å². The molecule has 3 N–H and O–H groups in total. The third-order valence-electron chi connectivity index (χ3n) is 2.70. The predicted octanol–water partition coefficient (Wildman–Crippen LogP) is 1.42. The van der Waals surface area contributed by atoms with Crippen LogP contribution in [0.2, 0.25) is 0 Å². The van der Waals surface area contributed by atoms with Crippen molar-refractivity contribution < 1.29 is 9.18 Å². The average molecular weight is 262 g/mol. The van der Waals surface area contributed by atoms with Gasteiger partial charge in [0.15, 0.2) is 0 Å². The number of nitrogen functional groups attached to an aromatic ring is 1. The summed E-state index contributed by atoms with van der Waals surface area (Å²) >= 11 is 0. The van der Waals surface area contributed by atoms with Gasteiger partial charge in [-0.25, -0.2) is 9.37 Å². The lowest BCUT2D eigenvalue weighted by molar-refractivity contribution is 0.0953. The number of rotatable bonds is 5. The maximum atomic E-state index is 13.0. The van der Waals surface area contributed by atoms with Crippen molar-refractivity contribution in [1.82, 2.24) is 14.9 Å². The van der Waals surface area contributed by atoms with Crippen LogP contribution in [0.4, 0.5) is 10.1 Å². The number of aromatic nitrogens is 2. The van der Waals surface area contributed by atoms with Gasteiger partial charge in [0.05, 0.1) is 11.9 Å². The highest BCUT2D eigenvalue weighted by molar-refractivity contribution is 5.99. The Hall–Kier alpha value is -2.37. The molecule has 0 fully saturated rings. The topological polar surface area (TPSA) is 72.9 Å². The van der Waals surface area contributed by atoms with Crippen LogP contribution in [0.15, 0.2) is 36.9 Å². The number of benzene rings is 1. The minimum atomic E-state index is -0.474. The Morgan fingerprint density at radius 1 is 1.47 bits per heavy atom. The van der Waals surface area contributed by atoms with Crippen molar-refractivity contribution in [2.24, 2.45) is 0 Å². The second-order valence-electron chi connectivity index (χ2n) is 4.14. The Kier molecular flexibility index (Phi) is 4.12. The molecule has 0 saturated carbocycles. The molecule has 1 amide bonds. The van der Waals surface area contributed by atoms with E-state index in [2.05, 4.69) is 10.3 Å². The van der Waals surface area contributed by atoms with E-state index in [9.17, 15) is 9.18 Å². The summed E-state index contributed by atoms with van der Waals surface area (Å²) in [6.07, 6.45) is 6.03. The van der Waals surface area contributed by atoms with Gasteiger partial charge in [-0.1, -0.05) is 0 Å². The van der Waals surface area contributed by atoms with E-state index in [1.165, 1.54) is 12.1 Å². The van der Waals surface area contributed by atoms with E-state index in [-0.39, 0.29) is 17.2 Å².